The fourth-order valence-electron chi connectivity index (χ4n) is 1.82. The summed E-state index contributed by atoms with van der Waals surface area (Å²) in [5.41, 5.74) is 2.68. The van der Waals surface area contributed by atoms with Gasteiger partial charge in [0.05, 0.1) is 12.8 Å². The van der Waals surface area contributed by atoms with E-state index in [0.717, 1.165) is 27.0 Å². The van der Waals surface area contributed by atoms with Gasteiger partial charge in [0.2, 0.25) is 0 Å². The number of methoxy groups -OCH3 is 1. The van der Waals surface area contributed by atoms with Crippen LogP contribution >= 0.6 is 15.9 Å². The maximum atomic E-state index is 9.97. The fourth-order valence-corrected chi connectivity index (χ4v) is 2.21. The first-order valence-electron chi connectivity index (χ1n) is 5.96. The summed E-state index contributed by atoms with van der Waals surface area (Å²) in [4.78, 5) is 0. The van der Waals surface area contributed by atoms with E-state index in [9.17, 15) is 5.11 Å². The first-order chi connectivity index (χ1) is 9.11. The highest BCUT2D eigenvalue weighted by Gasteiger charge is 2.06. The molecule has 0 amide bonds. The van der Waals surface area contributed by atoms with Gasteiger partial charge in [0.1, 0.15) is 11.5 Å². The van der Waals surface area contributed by atoms with Gasteiger partial charge in [0, 0.05) is 22.6 Å². The molecule has 2 aromatic carbocycles. The lowest BCUT2D eigenvalue weighted by Gasteiger charge is -2.12. The summed E-state index contributed by atoms with van der Waals surface area (Å²) in [6.07, 6.45) is 0. The zero-order valence-corrected chi connectivity index (χ0v) is 12.5. The minimum absolute atomic E-state index is 0.342. The number of hydrogen-bond acceptors (Lipinski definition) is 3. The van der Waals surface area contributed by atoms with Crippen LogP contribution in [0.15, 0.2) is 40.9 Å². The van der Waals surface area contributed by atoms with Gasteiger partial charge in [-0.1, -0.05) is 18.2 Å². The van der Waals surface area contributed by atoms with Gasteiger partial charge in [0.15, 0.2) is 0 Å². The molecule has 4 heteroatoms. The third-order valence-corrected chi connectivity index (χ3v) is 3.66. The van der Waals surface area contributed by atoms with Crippen LogP contribution in [0.3, 0.4) is 0 Å². The number of aryl methyl sites for hydroxylation is 1. The standard InChI is InChI=1S/C15H16BrNO2/c1-10-4-3-5-11(15(10)18)9-17-14-8-12(19-2)6-7-13(14)16/h3-8,17-18H,9H2,1-2H3. The first kappa shape index (κ1) is 13.7. The van der Waals surface area contributed by atoms with Crippen LogP contribution in [0.5, 0.6) is 11.5 Å². The van der Waals surface area contributed by atoms with Gasteiger partial charge in [-0.3, -0.25) is 0 Å². The molecule has 0 unspecified atom stereocenters. The number of halogens is 1. The van der Waals surface area contributed by atoms with Crippen LogP contribution in [0.2, 0.25) is 0 Å². The van der Waals surface area contributed by atoms with Crippen molar-refractivity contribution in [1.29, 1.82) is 0 Å². The van der Waals surface area contributed by atoms with E-state index < -0.39 is 0 Å². The van der Waals surface area contributed by atoms with Crippen molar-refractivity contribution < 1.29 is 9.84 Å². The summed E-state index contributed by atoms with van der Waals surface area (Å²) < 4.78 is 6.15. The molecule has 19 heavy (non-hydrogen) atoms. The van der Waals surface area contributed by atoms with Crippen molar-refractivity contribution in [2.45, 2.75) is 13.5 Å². The average molecular weight is 322 g/mol. The second kappa shape index (κ2) is 5.97. The number of aromatic hydroxyl groups is 1. The summed E-state index contributed by atoms with van der Waals surface area (Å²) in [6, 6.07) is 11.5. The summed E-state index contributed by atoms with van der Waals surface area (Å²) in [5, 5.41) is 13.3. The van der Waals surface area contributed by atoms with Crippen LogP contribution in [0.4, 0.5) is 5.69 Å². The molecule has 0 saturated carbocycles. The molecule has 0 atom stereocenters. The van der Waals surface area contributed by atoms with Gasteiger partial charge < -0.3 is 15.2 Å². The van der Waals surface area contributed by atoms with Crippen molar-refractivity contribution in [3.63, 3.8) is 0 Å². The number of rotatable bonds is 4. The van der Waals surface area contributed by atoms with Crippen LogP contribution < -0.4 is 10.1 Å². The third-order valence-electron chi connectivity index (χ3n) is 2.96. The van der Waals surface area contributed by atoms with Crippen molar-refractivity contribution in [3.8, 4) is 11.5 Å². The smallest absolute Gasteiger partial charge is 0.123 e. The molecule has 0 aliphatic rings. The molecule has 0 saturated heterocycles. The largest absolute Gasteiger partial charge is 0.507 e. The maximum Gasteiger partial charge on any atom is 0.123 e. The highest BCUT2D eigenvalue weighted by atomic mass is 79.9. The number of ether oxygens (including phenoxy) is 1. The minimum Gasteiger partial charge on any atom is -0.507 e. The van der Waals surface area contributed by atoms with Crippen molar-refractivity contribution in [2.75, 3.05) is 12.4 Å². The number of benzene rings is 2. The fraction of sp³-hybridized carbons (Fsp3) is 0.200. The van der Waals surface area contributed by atoms with E-state index in [1.54, 1.807) is 7.11 Å². The van der Waals surface area contributed by atoms with Gasteiger partial charge in [-0.2, -0.15) is 0 Å². The lowest BCUT2D eigenvalue weighted by molar-refractivity contribution is 0.415. The average Bonchev–Trinajstić information content (AvgIpc) is 2.42. The normalized spacial score (nSPS) is 10.3. The maximum absolute atomic E-state index is 9.97. The molecule has 0 aliphatic carbocycles. The van der Waals surface area contributed by atoms with Crippen LogP contribution in [-0.4, -0.2) is 12.2 Å². The molecular weight excluding hydrogens is 306 g/mol. The minimum atomic E-state index is 0.342. The monoisotopic (exact) mass is 321 g/mol. The topological polar surface area (TPSA) is 41.5 Å². The molecule has 2 aromatic rings. The Bertz CT molecular complexity index is 584. The van der Waals surface area contributed by atoms with Crippen LogP contribution in [-0.2, 0) is 6.54 Å². The van der Waals surface area contributed by atoms with Gasteiger partial charge in [-0.05, 0) is 40.5 Å². The zero-order valence-electron chi connectivity index (χ0n) is 10.9. The van der Waals surface area contributed by atoms with E-state index >= 15 is 0 Å². The lowest BCUT2D eigenvalue weighted by Crippen LogP contribution is -2.01. The van der Waals surface area contributed by atoms with Gasteiger partial charge in [0.25, 0.3) is 0 Å². The van der Waals surface area contributed by atoms with Gasteiger partial charge >= 0.3 is 0 Å². The predicted molar refractivity (Wildman–Crippen MR) is 80.9 cm³/mol. The van der Waals surface area contributed by atoms with Crippen molar-refractivity contribution in [3.05, 3.63) is 52.0 Å². The molecular formula is C15H16BrNO2. The van der Waals surface area contributed by atoms with E-state index in [1.807, 2.05) is 43.3 Å². The highest BCUT2D eigenvalue weighted by Crippen LogP contribution is 2.29. The molecule has 0 fully saturated rings. The predicted octanol–water partition coefficient (Wildman–Crippen LogP) is 4.08. The third kappa shape index (κ3) is 3.20. The Labute approximate surface area is 121 Å². The van der Waals surface area contributed by atoms with Crippen LogP contribution in [0.25, 0.3) is 0 Å². The van der Waals surface area contributed by atoms with Crippen molar-refractivity contribution >= 4 is 21.6 Å². The Morgan fingerprint density at radius 1 is 1.26 bits per heavy atom. The van der Waals surface area contributed by atoms with Gasteiger partial charge in [-0.15, -0.1) is 0 Å². The molecule has 100 valence electrons. The molecule has 2 N–H and O–H groups in total. The number of phenols is 1. The van der Waals surface area contributed by atoms with E-state index in [0.29, 0.717) is 12.3 Å². The Morgan fingerprint density at radius 3 is 2.79 bits per heavy atom. The number of anilines is 1. The summed E-state index contributed by atoms with van der Waals surface area (Å²) in [6.45, 7) is 2.44. The van der Waals surface area contributed by atoms with E-state index in [4.69, 9.17) is 4.74 Å². The Morgan fingerprint density at radius 2 is 2.05 bits per heavy atom. The van der Waals surface area contributed by atoms with E-state index in [1.165, 1.54) is 0 Å². The zero-order chi connectivity index (χ0) is 13.8. The SMILES string of the molecule is COc1ccc(Br)c(NCc2cccc(C)c2O)c1. The quantitative estimate of drug-likeness (QED) is 0.891. The number of phenolic OH excluding ortho intramolecular Hbond substituents is 1. The molecule has 0 spiro atoms. The van der Waals surface area contributed by atoms with Crippen molar-refractivity contribution in [2.24, 2.45) is 0 Å². The molecule has 0 aromatic heterocycles. The van der Waals surface area contributed by atoms with Crippen LogP contribution in [0, 0.1) is 6.92 Å². The molecule has 0 radical (unpaired) electrons. The van der Waals surface area contributed by atoms with E-state index in [2.05, 4.69) is 21.2 Å². The number of hydrogen-bond donors (Lipinski definition) is 2. The van der Waals surface area contributed by atoms with Gasteiger partial charge in [-0.25, -0.2) is 0 Å². The molecule has 0 aliphatic heterocycles. The molecule has 0 bridgehead atoms. The second-order valence-electron chi connectivity index (χ2n) is 4.28. The summed E-state index contributed by atoms with van der Waals surface area (Å²) >= 11 is 3.49. The molecule has 2 rings (SSSR count). The summed E-state index contributed by atoms with van der Waals surface area (Å²) in [5.74, 6) is 1.13. The Hall–Kier alpha value is -1.68. The highest BCUT2D eigenvalue weighted by molar-refractivity contribution is 9.10. The summed E-state index contributed by atoms with van der Waals surface area (Å²) in [7, 11) is 1.64. The second-order valence-corrected chi connectivity index (χ2v) is 5.14. The molecule has 0 heterocycles. The first-order valence-corrected chi connectivity index (χ1v) is 6.76. The van der Waals surface area contributed by atoms with E-state index in [-0.39, 0.29) is 0 Å². The number of nitrogens with one attached hydrogen (secondary N) is 1. The van der Waals surface area contributed by atoms with Crippen molar-refractivity contribution in [1.82, 2.24) is 0 Å². The Kier molecular flexibility index (Phi) is 4.32. The Balaban J connectivity index is 2.16. The lowest BCUT2D eigenvalue weighted by atomic mass is 10.1. The van der Waals surface area contributed by atoms with Crippen LogP contribution in [0.1, 0.15) is 11.1 Å². The molecule has 3 nitrogen and oxygen atoms in total. The number of para-hydroxylation sites is 1.